The molecule has 0 nitrogen and oxygen atoms in total. The van der Waals surface area contributed by atoms with Gasteiger partial charge in [0.25, 0.3) is 0 Å². The lowest BCUT2D eigenvalue weighted by molar-refractivity contribution is 0.772. The third-order valence-electron chi connectivity index (χ3n) is 12.7. The van der Waals surface area contributed by atoms with Crippen molar-refractivity contribution in [2.45, 2.75) is 5.41 Å². The van der Waals surface area contributed by atoms with Gasteiger partial charge in [-0.05, 0) is 122 Å². The van der Waals surface area contributed by atoms with Gasteiger partial charge in [0, 0.05) is 0 Å². The monoisotopic (exact) mass is 720 g/mol. The summed E-state index contributed by atoms with van der Waals surface area (Å²) in [6.07, 6.45) is 0. The van der Waals surface area contributed by atoms with Crippen molar-refractivity contribution < 1.29 is 0 Å². The van der Waals surface area contributed by atoms with E-state index in [1.54, 1.807) is 0 Å². The van der Waals surface area contributed by atoms with Gasteiger partial charge in [0.05, 0.1) is 5.41 Å². The van der Waals surface area contributed by atoms with Gasteiger partial charge < -0.3 is 0 Å². The average molecular weight is 721 g/mol. The molecule has 12 rings (SSSR count). The lowest BCUT2D eigenvalue weighted by Gasteiger charge is -2.34. The fourth-order valence-electron chi connectivity index (χ4n) is 10.3. The predicted octanol–water partition coefficient (Wildman–Crippen LogP) is 15.1. The topological polar surface area (TPSA) is 0 Å². The highest BCUT2D eigenvalue weighted by atomic mass is 14.5. The minimum atomic E-state index is -0.475. The fraction of sp³-hybridized carbons (Fsp3) is 0.0175. The van der Waals surface area contributed by atoms with Crippen molar-refractivity contribution >= 4 is 53.9 Å². The van der Waals surface area contributed by atoms with Gasteiger partial charge in [-0.1, -0.05) is 206 Å². The van der Waals surface area contributed by atoms with Crippen molar-refractivity contribution in [2.75, 3.05) is 0 Å². The molecule has 0 saturated heterocycles. The first-order chi connectivity index (χ1) is 28.3. The molecule has 0 heterocycles. The van der Waals surface area contributed by atoms with Crippen LogP contribution in [0.25, 0.3) is 87.2 Å². The highest BCUT2D eigenvalue weighted by Crippen LogP contribution is 2.57. The molecule has 0 saturated carbocycles. The number of fused-ring (bicyclic) bond motifs is 3. The largest absolute Gasteiger partial charge is 0.0714 e. The maximum Gasteiger partial charge on any atom is 0.0714 e. The van der Waals surface area contributed by atoms with E-state index >= 15 is 0 Å². The highest BCUT2D eigenvalue weighted by molar-refractivity contribution is 6.23. The maximum absolute atomic E-state index is 2.54. The molecule has 0 unspecified atom stereocenters. The van der Waals surface area contributed by atoms with Crippen molar-refractivity contribution in [3.8, 4) is 33.4 Å². The molecule has 0 heteroatoms. The van der Waals surface area contributed by atoms with Gasteiger partial charge in [-0.3, -0.25) is 0 Å². The first kappa shape index (κ1) is 32.0. The van der Waals surface area contributed by atoms with Crippen LogP contribution in [0.3, 0.4) is 0 Å². The number of benzene rings is 11. The SMILES string of the molecule is c1ccc(C2(c3ccccc3)c3cccc4ccc5cc(-c6c7ccccc7c(-c7ccc(-c8cccc9ccccc89)cc7)c7ccccc67)cc2c5c34)cc1. The third kappa shape index (κ3) is 4.56. The molecule has 0 radical (unpaired) electrons. The predicted molar refractivity (Wildman–Crippen MR) is 242 cm³/mol. The van der Waals surface area contributed by atoms with Crippen molar-refractivity contribution in [3.63, 3.8) is 0 Å². The van der Waals surface area contributed by atoms with E-state index in [9.17, 15) is 0 Å². The minimum Gasteiger partial charge on any atom is -0.0622 e. The third-order valence-corrected chi connectivity index (χ3v) is 12.7. The van der Waals surface area contributed by atoms with E-state index in [1.807, 2.05) is 0 Å². The lowest BCUT2D eigenvalue weighted by Crippen LogP contribution is -2.28. The molecule has 1 aliphatic rings. The summed E-state index contributed by atoms with van der Waals surface area (Å²) in [7, 11) is 0. The molecule has 0 atom stereocenters. The van der Waals surface area contributed by atoms with Crippen molar-refractivity contribution in [1.82, 2.24) is 0 Å². The Labute approximate surface area is 331 Å². The average Bonchev–Trinajstić information content (AvgIpc) is 3.59. The van der Waals surface area contributed by atoms with E-state index in [0.29, 0.717) is 0 Å². The van der Waals surface area contributed by atoms with Crippen LogP contribution in [0.2, 0.25) is 0 Å². The van der Waals surface area contributed by atoms with Gasteiger partial charge in [0.1, 0.15) is 0 Å². The smallest absolute Gasteiger partial charge is 0.0622 e. The van der Waals surface area contributed by atoms with Crippen molar-refractivity contribution in [1.29, 1.82) is 0 Å². The molecule has 0 bridgehead atoms. The van der Waals surface area contributed by atoms with Crippen LogP contribution in [0.4, 0.5) is 0 Å². The Kier molecular flexibility index (Phi) is 6.94. The van der Waals surface area contributed by atoms with Crippen LogP contribution in [0.5, 0.6) is 0 Å². The number of hydrogen-bond acceptors (Lipinski definition) is 0. The Morgan fingerprint density at radius 2 is 0.737 bits per heavy atom. The van der Waals surface area contributed by atoms with E-state index < -0.39 is 5.41 Å². The van der Waals surface area contributed by atoms with Crippen LogP contribution in [-0.2, 0) is 5.41 Å². The summed E-state index contributed by atoms with van der Waals surface area (Å²) in [4.78, 5) is 0. The Morgan fingerprint density at radius 3 is 1.39 bits per heavy atom. The van der Waals surface area contributed by atoms with Gasteiger partial charge in [-0.25, -0.2) is 0 Å². The quantitative estimate of drug-likeness (QED) is 0.123. The molecule has 0 spiro atoms. The Bertz CT molecular complexity index is 3270. The second-order valence-corrected chi connectivity index (χ2v) is 15.5. The second kappa shape index (κ2) is 12.4. The zero-order valence-electron chi connectivity index (χ0n) is 31.3. The Hall–Kier alpha value is -7.28. The standard InChI is InChI=1S/C57H36/c1-3-18-43(19-4-1)57(44-20-5-2-6-21-44)51-28-14-17-39-33-34-41-35-42(36-52(57)56(41)55(39)51)54-49-25-11-9-23-47(49)53(48-24-10-12-26-50(48)54)40-31-29-38(30-32-40)46-27-13-16-37-15-7-8-22-45(37)46/h1-36H. The summed E-state index contributed by atoms with van der Waals surface area (Å²) < 4.78 is 0. The Balaban J connectivity index is 1.13. The van der Waals surface area contributed by atoms with Crippen molar-refractivity contribution in [2.24, 2.45) is 0 Å². The molecule has 57 heavy (non-hydrogen) atoms. The summed E-state index contributed by atoms with van der Waals surface area (Å²) in [6.45, 7) is 0. The minimum absolute atomic E-state index is 0.475. The lowest BCUT2D eigenvalue weighted by atomic mass is 9.67. The van der Waals surface area contributed by atoms with Gasteiger partial charge >= 0.3 is 0 Å². The van der Waals surface area contributed by atoms with E-state index in [1.165, 1.54) is 109 Å². The van der Waals surface area contributed by atoms with Gasteiger partial charge in [0.2, 0.25) is 0 Å². The van der Waals surface area contributed by atoms with Crippen molar-refractivity contribution in [3.05, 3.63) is 241 Å². The first-order valence-electron chi connectivity index (χ1n) is 19.9. The zero-order chi connectivity index (χ0) is 37.5. The first-order valence-corrected chi connectivity index (χ1v) is 19.9. The van der Waals surface area contributed by atoms with Crippen LogP contribution < -0.4 is 0 Å². The number of hydrogen-bond donors (Lipinski definition) is 0. The summed E-state index contributed by atoms with van der Waals surface area (Å²) in [5.74, 6) is 0. The molecule has 11 aromatic carbocycles. The molecule has 1 aliphatic carbocycles. The Morgan fingerprint density at radius 1 is 0.263 bits per heavy atom. The van der Waals surface area contributed by atoms with Crippen LogP contribution in [0, 0.1) is 0 Å². The summed E-state index contributed by atoms with van der Waals surface area (Å²) in [5, 5.41) is 12.9. The van der Waals surface area contributed by atoms with Gasteiger partial charge in [-0.2, -0.15) is 0 Å². The molecule has 0 fully saturated rings. The van der Waals surface area contributed by atoms with E-state index in [4.69, 9.17) is 0 Å². The van der Waals surface area contributed by atoms with E-state index in [-0.39, 0.29) is 0 Å². The van der Waals surface area contributed by atoms with Crippen LogP contribution in [0.15, 0.2) is 218 Å². The van der Waals surface area contributed by atoms with E-state index in [0.717, 1.165) is 0 Å². The molecule has 0 aromatic heterocycles. The zero-order valence-corrected chi connectivity index (χ0v) is 31.3. The molecular weight excluding hydrogens is 685 g/mol. The molecule has 0 N–H and O–H groups in total. The molecule has 0 amide bonds. The van der Waals surface area contributed by atoms with Gasteiger partial charge in [0.15, 0.2) is 0 Å². The summed E-state index contributed by atoms with van der Waals surface area (Å²) in [6, 6.07) is 81.4. The van der Waals surface area contributed by atoms with E-state index in [2.05, 4.69) is 218 Å². The number of rotatable bonds is 5. The molecule has 264 valence electrons. The maximum atomic E-state index is 2.54. The normalized spacial score (nSPS) is 13.1. The van der Waals surface area contributed by atoms with Crippen LogP contribution in [0.1, 0.15) is 22.3 Å². The van der Waals surface area contributed by atoms with Gasteiger partial charge in [-0.15, -0.1) is 0 Å². The summed E-state index contributed by atoms with van der Waals surface area (Å²) in [5.41, 5.74) is 12.3. The molecule has 11 aromatic rings. The fourth-order valence-corrected chi connectivity index (χ4v) is 10.3. The molecule has 0 aliphatic heterocycles. The summed E-state index contributed by atoms with van der Waals surface area (Å²) >= 11 is 0. The highest BCUT2D eigenvalue weighted by Gasteiger charge is 2.45. The van der Waals surface area contributed by atoms with Crippen LogP contribution >= 0.6 is 0 Å². The van der Waals surface area contributed by atoms with Crippen LogP contribution in [-0.4, -0.2) is 0 Å². The second-order valence-electron chi connectivity index (χ2n) is 15.5. The molecular formula is C57H36.